The molecule has 0 saturated heterocycles. The number of fused-ring (bicyclic) bond motifs is 1. The Bertz CT molecular complexity index is 988. The van der Waals surface area contributed by atoms with Crippen molar-refractivity contribution in [2.24, 2.45) is 0 Å². The predicted octanol–water partition coefficient (Wildman–Crippen LogP) is 1.36. The zero-order chi connectivity index (χ0) is 19.1. The van der Waals surface area contributed by atoms with Gasteiger partial charge in [0, 0.05) is 18.5 Å². The average Bonchev–Trinajstić information content (AvgIpc) is 3.14. The fourth-order valence-electron chi connectivity index (χ4n) is 2.42. The number of nitriles is 1. The van der Waals surface area contributed by atoms with Crippen LogP contribution < -0.4 is 15.4 Å². The Morgan fingerprint density at radius 1 is 1.07 bits per heavy atom. The molecule has 0 aliphatic carbocycles. The Morgan fingerprint density at radius 3 is 2.59 bits per heavy atom. The van der Waals surface area contributed by atoms with E-state index in [1.165, 1.54) is 0 Å². The molecule has 8 nitrogen and oxygen atoms in total. The summed E-state index contributed by atoms with van der Waals surface area (Å²) in [5.74, 6) is -0.114. The second-order valence-electron chi connectivity index (χ2n) is 5.65. The number of benzene rings is 2. The molecule has 0 unspecified atom stereocenters. The third-order valence-electron chi connectivity index (χ3n) is 3.77. The van der Waals surface area contributed by atoms with E-state index in [-0.39, 0.29) is 31.5 Å². The van der Waals surface area contributed by atoms with Crippen molar-refractivity contribution in [3.63, 3.8) is 0 Å². The van der Waals surface area contributed by atoms with E-state index in [0.717, 1.165) is 10.9 Å². The van der Waals surface area contributed by atoms with Crippen LogP contribution in [0.2, 0.25) is 0 Å². The molecular formula is C19H17N5O3. The van der Waals surface area contributed by atoms with Crippen molar-refractivity contribution in [1.82, 2.24) is 20.8 Å². The van der Waals surface area contributed by atoms with E-state index in [9.17, 15) is 9.59 Å². The average molecular weight is 363 g/mol. The first-order chi connectivity index (χ1) is 13.2. The van der Waals surface area contributed by atoms with Crippen molar-refractivity contribution in [2.45, 2.75) is 0 Å². The summed E-state index contributed by atoms with van der Waals surface area (Å²) in [6, 6.07) is 15.8. The van der Waals surface area contributed by atoms with Crippen molar-refractivity contribution < 1.29 is 14.3 Å². The lowest BCUT2D eigenvalue weighted by molar-refractivity contribution is -0.123. The van der Waals surface area contributed by atoms with Gasteiger partial charge in [0.05, 0.1) is 17.1 Å². The SMILES string of the molecule is N#Cc1ccc(OCC(=O)NCCNC(=O)c2n[nH]c3ccccc23)cc1. The Hall–Kier alpha value is -3.86. The molecule has 0 spiro atoms. The summed E-state index contributed by atoms with van der Waals surface area (Å²) >= 11 is 0. The van der Waals surface area contributed by atoms with E-state index >= 15 is 0 Å². The van der Waals surface area contributed by atoms with E-state index in [2.05, 4.69) is 20.8 Å². The zero-order valence-corrected chi connectivity index (χ0v) is 14.4. The second-order valence-corrected chi connectivity index (χ2v) is 5.65. The van der Waals surface area contributed by atoms with Gasteiger partial charge in [-0.15, -0.1) is 0 Å². The first kappa shape index (κ1) is 17.9. The molecule has 0 aliphatic rings. The third kappa shape index (κ3) is 4.61. The van der Waals surface area contributed by atoms with Crippen LogP contribution in [0.25, 0.3) is 10.9 Å². The monoisotopic (exact) mass is 363 g/mol. The standard InChI is InChI=1S/C19H17N5O3/c20-11-13-5-7-14(8-6-13)27-12-17(25)21-9-10-22-19(26)18-15-3-1-2-4-16(15)23-24-18/h1-8H,9-10,12H2,(H,21,25)(H,22,26)(H,23,24). The van der Waals surface area contributed by atoms with Crippen LogP contribution in [0.3, 0.4) is 0 Å². The van der Waals surface area contributed by atoms with Crippen LogP contribution in [0.15, 0.2) is 48.5 Å². The highest BCUT2D eigenvalue weighted by molar-refractivity contribution is 6.04. The maximum atomic E-state index is 12.2. The van der Waals surface area contributed by atoms with Gasteiger partial charge in [-0.2, -0.15) is 10.4 Å². The Kier molecular flexibility index (Phi) is 5.64. The van der Waals surface area contributed by atoms with Gasteiger partial charge < -0.3 is 15.4 Å². The van der Waals surface area contributed by atoms with E-state index in [0.29, 0.717) is 17.0 Å². The number of hydrogen-bond acceptors (Lipinski definition) is 5. The molecule has 3 N–H and O–H groups in total. The number of aromatic nitrogens is 2. The summed E-state index contributed by atoms with van der Waals surface area (Å²) < 4.78 is 5.33. The highest BCUT2D eigenvalue weighted by atomic mass is 16.5. The number of hydrogen-bond donors (Lipinski definition) is 3. The molecule has 0 aliphatic heterocycles. The number of aromatic amines is 1. The number of para-hydroxylation sites is 1. The first-order valence-electron chi connectivity index (χ1n) is 8.28. The van der Waals surface area contributed by atoms with Crippen molar-refractivity contribution in [2.75, 3.05) is 19.7 Å². The molecule has 0 saturated carbocycles. The van der Waals surface area contributed by atoms with Gasteiger partial charge in [-0.3, -0.25) is 14.7 Å². The lowest BCUT2D eigenvalue weighted by Gasteiger charge is -2.08. The Labute approximate surface area is 155 Å². The van der Waals surface area contributed by atoms with Gasteiger partial charge in [-0.05, 0) is 30.3 Å². The van der Waals surface area contributed by atoms with Crippen molar-refractivity contribution in [3.8, 4) is 11.8 Å². The van der Waals surface area contributed by atoms with E-state index in [1.54, 1.807) is 24.3 Å². The zero-order valence-electron chi connectivity index (χ0n) is 14.4. The molecule has 2 amide bonds. The number of carbonyl (C=O) groups excluding carboxylic acids is 2. The van der Waals surface area contributed by atoms with Crippen molar-refractivity contribution in [3.05, 3.63) is 59.8 Å². The number of nitrogens with zero attached hydrogens (tertiary/aromatic N) is 2. The topological polar surface area (TPSA) is 120 Å². The van der Waals surface area contributed by atoms with Gasteiger partial charge >= 0.3 is 0 Å². The smallest absolute Gasteiger partial charge is 0.272 e. The molecule has 0 atom stereocenters. The van der Waals surface area contributed by atoms with Gasteiger partial charge in [-0.25, -0.2) is 0 Å². The molecule has 0 fully saturated rings. The molecule has 27 heavy (non-hydrogen) atoms. The van der Waals surface area contributed by atoms with E-state index < -0.39 is 0 Å². The lowest BCUT2D eigenvalue weighted by Crippen LogP contribution is -2.36. The van der Waals surface area contributed by atoms with E-state index in [1.807, 2.05) is 30.3 Å². The van der Waals surface area contributed by atoms with Gasteiger partial charge in [0.25, 0.3) is 11.8 Å². The molecule has 3 rings (SSSR count). The second kappa shape index (κ2) is 8.49. The molecule has 136 valence electrons. The molecule has 2 aromatic carbocycles. The van der Waals surface area contributed by atoms with Gasteiger partial charge in [0.1, 0.15) is 5.75 Å². The van der Waals surface area contributed by atoms with Gasteiger partial charge in [-0.1, -0.05) is 18.2 Å². The number of rotatable bonds is 7. The number of carbonyl (C=O) groups is 2. The Morgan fingerprint density at radius 2 is 1.81 bits per heavy atom. The number of ether oxygens (including phenoxy) is 1. The molecule has 0 bridgehead atoms. The van der Waals surface area contributed by atoms with Crippen LogP contribution in [0.4, 0.5) is 0 Å². The predicted molar refractivity (Wildman–Crippen MR) is 98.1 cm³/mol. The minimum Gasteiger partial charge on any atom is -0.484 e. The van der Waals surface area contributed by atoms with Crippen LogP contribution >= 0.6 is 0 Å². The normalized spacial score (nSPS) is 10.2. The van der Waals surface area contributed by atoms with Gasteiger partial charge in [0.2, 0.25) is 0 Å². The van der Waals surface area contributed by atoms with Crippen LogP contribution in [-0.4, -0.2) is 41.7 Å². The summed E-state index contributed by atoms with van der Waals surface area (Å²) in [5.41, 5.74) is 1.63. The van der Waals surface area contributed by atoms with Crippen molar-refractivity contribution in [1.29, 1.82) is 5.26 Å². The maximum absolute atomic E-state index is 12.2. The number of nitrogens with one attached hydrogen (secondary N) is 3. The lowest BCUT2D eigenvalue weighted by atomic mass is 10.2. The molecule has 8 heteroatoms. The van der Waals surface area contributed by atoms with E-state index in [4.69, 9.17) is 10.00 Å². The minimum atomic E-state index is -0.310. The molecule has 0 radical (unpaired) electrons. The first-order valence-corrected chi connectivity index (χ1v) is 8.28. The highest BCUT2D eigenvalue weighted by Gasteiger charge is 2.13. The number of H-pyrrole nitrogens is 1. The fourth-order valence-corrected chi connectivity index (χ4v) is 2.42. The Balaban J connectivity index is 1.38. The molecule has 1 heterocycles. The quantitative estimate of drug-likeness (QED) is 0.548. The van der Waals surface area contributed by atoms with Crippen LogP contribution in [-0.2, 0) is 4.79 Å². The van der Waals surface area contributed by atoms with Crippen LogP contribution in [0, 0.1) is 11.3 Å². The molecular weight excluding hydrogens is 346 g/mol. The fraction of sp³-hybridized carbons (Fsp3) is 0.158. The summed E-state index contributed by atoms with van der Waals surface area (Å²) in [4.78, 5) is 23.9. The summed E-state index contributed by atoms with van der Waals surface area (Å²) in [5, 5.41) is 21.7. The summed E-state index contributed by atoms with van der Waals surface area (Å²) in [7, 11) is 0. The van der Waals surface area contributed by atoms with Crippen LogP contribution in [0.1, 0.15) is 16.1 Å². The maximum Gasteiger partial charge on any atom is 0.272 e. The highest BCUT2D eigenvalue weighted by Crippen LogP contribution is 2.14. The third-order valence-corrected chi connectivity index (χ3v) is 3.77. The molecule has 3 aromatic rings. The minimum absolute atomic E-state index is 0.149. The molecule has 1 aromatic heterocycles. The summed E-state index contributed by atoms with van der Waals surface area (Å²) in [6.45, 7) is 0.385. The van der Waals surface area contributed by atoms with Crippen molar-refractivity contribution >= 4 is 22.7 Å². The summed E-state index contributed by atoms with van der Waals surface area (Å²) in [6.07, 6.45) is 0. The number of amides is 2. The van der Waals surface area contributed by atoms with Gasteiger partial charge in [0.15, 0.2) is 12.3 Å². The van der Waals surface area contributed by atoms with Crippen LogP contribution in [0.5, 0.6) is 5.75 Å². The largest absolute Gasteiger partial charge is 0.484 e.